The number of rotatable bonds is 10. The van der Waals surface area contributed by atoms with Crippen molar-refractivity contribution >= 4 is 11.4 Å². The van der Waals surface area contributed by atoms with Crippen LogP contribution in [0.3, 0.4) is 0 Å². The monoisotopic (exact) mass is 388 g/mol. The molecular formula is C20H24N2O6. The molecule has 8 heteroatoms. The average Bonchev–Trinajstić information content (AvgIpc) is 3.61. The first-order valence-electron chi connectivity index (χ1n) is 9.25. The molecule has 0 radical (unpaired) electrons. The first-order valence-corrected chi connectivity index (χ1v) is 9.25. The molecule has 0 atom stereocenters. The molecule has 150 valence electrons. The van der Waals surface area contributed by atoms with Crippen LogP contribution in [0.1, 0.15) is 25.0 Å². The van der Waals surface area contributed by atoms with Crippen LogP contribution < -0.4 is 10.6 Å². The predicted octanol–water partition coefficient (Wildman–Crippen LogP) is 2.95. The minimum Gasteiger partial charge on any atom is -0.394 e. The molecule has 3 N–H and O–H groups in total. The van der Waals surface area contributed by atoms with E-state index in [9.17, 15) is 0 Å². The molecule has 2 aliphatic rings. The molecule has 2 fully saturated rings. The zero-order chi connectivity index (χ0) is 19.6. The smallest absolute Gasteiger partial charge is 0.394 e. The lowest BCUT2D eigenvalue weighted by Crippen LogP contribution is -2.28. The van der Waals surface area contributed by atoms with Crippen LogP contribution in [0.5, 0.6) is 0 Å². The Morgan fingerprint density at radius 3 is 1.82 bits per heavy atom. The number of nitrogens with one attached hydrogen (secondary N) is 2. The second kappa shape index (κ2) is 7.67. The van der Waals surface area contributed by atoms with E-state index in [1.165, 1.54) is 11.1 Å². The minimum atomic E-state index is -1.28. The number of aliphatic hydroxyl groups is 1. The van der Waals surface area contributed by atoms with Gasteiger partial charge in [0, 0.05) is 17.3 Å². The van der Waals surface area contributed by atoms with E-state index in [0.717, 1.165) is 17.8 Å². The molecule has 0 bridgehead atoms. The molecule has 2 heterocycles. The summed E-state index contributed by atoms with van der Waals surface area (Å²) in [6.07, 6.45) is -0.475. The van der Waals surface area contributed by atoms with Gasteiger partial charge in [0.15, 0.2) is 0 Å². The average molecular weight is 388 g/mol. The molecule has 0 spiro atoms. The normalized spacial score (nSPS) is 18.7. The molecule has 0 saturated carbocycles. The van der Waals surface area contributed by atoms with Crippen molar-refractivity contribution in [3.63, 3.8) is 0 Å². The quantitative estimate of drug-likeness (QED) is 0.324. The van der Waals surface area contributed by atoms with E-state index in [1.807, 2.05) is 50.2 Å². The number of hydrogen-bond acceptors (Lipinski definition) is 8. The number of hydrogen-bond donors (Lipinski definition) is 3. The van der Waals surface area contributed by atoms with E-state index in [-0.39, 0.29) is 19.1 Å². The van der Waals surface area contributed by atoms with E-state index < -0.39 is 12.0 Å². The first-order chi connectivity index (χ1) is 13.5. The highest BCUT2D eigenvalue weighted by atomic mass is 17.5. The van der Waals surface area contributed by atoms with Gasteiger partial charge in [0.2, 0.25) is 0 Å². The van der Waals surface area contributed by atoms with Gasteiger partial charge >= 0.3 is 12.0 Å². The van der Waals surface area contributed by atoms with Crippen LogP contribution >= 0.6 is 0 Å². The van der Waals surface area contributed by atoms with E-state index in [0.29, 0.717) is 0 Å². The molecule has 28 heavy (non-hydrogen) atoms. The minimum absolute atomic E-state index is 0.109. The van der Waals surface area contributed by atoms with Crippen LogP contribution in [-0.2, 0) is 30.7 Å². The van der Waals surface area contributed by atoms with Gasteiger partial charge in [-0.05, 0) is 41.8 Å². The molecule has 4 rings (SSSR count). The molecule has 2 saturated heterocycles. The third-order valence-electron chi connectivity index (χ3n) is 4.57. The maximum absolute atomic E-state index is 8.82. The van der Waals surface area contributed by atoms with E-state index in [1.54, 1.807) is 0 Å². The lowest BCUT2D eigenvalue weighted by Gasteiger charge is -2.14. The van der Waals surface area contributed by atoms with Gasteiger partial charge in [-0.1, -0.05) is 38.1 Å². The van der Waals surface area contributed by atoms with Crippen molar-refractivity contribution < 1.29 is 29.4 Å². The lowest BCUT2D eigenvalue weighted by atomic mass is 10.0. The van der Waals surface area contributed by atoms with Crippen molar-refractivity contribution in [3.8, 4) is 0 Å². The summed E-state index contributed by atoms with van der Waals surface area (Å²) in [5.41, 5.74) is 4.11. The van der Waals surface area contributed by atoms with Gasteiger partial charge in [-0.2, -0.15) is 9.78 Å². The molecule has 0 aromatic heterocycles. The Morgan fingerprint density at radius 1 is 0.857 bits per heavy atom. The lowest BCUT2D eigenvalue weighted by molar-refractivity contribution is -0.0458. The standard InChI is InChI=1S/C20H24N2O6/c1-14(2)19(25-26-19)21-17-7-3-15(4-8-17)13-16-5-9-18(10-6-16)22-20(27-28-20)24-12-11-23/h3-10,14,21-23H,11-13H2,1-2H3. The summed E-state index contributed by atoms with van der Waals surface area (Å²) in [4.78, 5) is 19.9. The molecule has 2 aromatic rings. The van der Waals surface area contributed by atoms with Gasteiger partial charge < -0.3 is 20.5 Å². The van der Waals surface area contributed by atoms with E-state index in [4.69, 9.17) is 29.4 Å². The van der Waals surface area contributed by atoms with Crippen LogP contribution in [-0.4, -0.2) is 30.3 Å². The molecule has 8 nitrogen and oxygen atoms in total. The van der Waals surface area contributed by atoms with E-state index >= 15 is 0 Å². The topological polar surface area (TPSA) is 104 Å². The SMILES string of the molecule is CC(C)C1(Nc2ccc(Cc3ccc(NC4(OCCO)OO4)cc3)cc2)OO1. The fourth-order valence-electron chi connectivity index (χ4n) is 2.79. The van der Waals surface area contributed by atoms with Crippen molar-refractivity contribution in [2.24, 2.45) is 5.92 Å². The molecular weight excluding hydrogens is 364 g/mol. The second-order valence-corrected chi connectivity index (χ2v) is 7.10. The summed E-state index contributed by atoms with van der Waals surface area (Å²) in [6.45, 7) is 4.08. The van der Waals surface area contributed by atoms with Crippen molar-refractivity contribution in [2.75, 3.05) is 23.8 Å². The van der Waals surface area contributed by atoms with Gasteiger partial charge in [-0.15, -0.1) is 9.78 Å². The Kier molecular flexibility index (Phi) is 5.24. The maximum atomic E-state index is 8.82. The molecule has 0 aliphatic carbocycles. The van der Waals surface area contributed by atoms with Crippen LogP contribution in [0.2, 0.25) is 0 Å². The van der Waals surface area contributed by atoms with Crippen molar-refractivity contribution in [3.05, 3.63) is 59.7 Å². The van der Waals surface area contributed by atoms with E-state index in [2.05, 4.69) is 22.8 Å². The van der Waals surface area contributed by atoms with Crippen molar-refractivity contribution in [1.82, 2.24) is 0 Å². The Balaban J connectivity index is 1.32. The Labute approximate surface area is 163 Å². The number of anilines is 2. The van der Waals surface area contributed by atoms with Crippen LogP contribution in [0.4, 0.5) is 11.4 Å². The van der Waals surface area contributed by atoms with Crippen LogP contribution in [0.25, 0.3) is 0 Å². The Hall–Kier alpha value is -2.20. The Morgan fingerprint density at radius 2 is 1.39 bits per heavy atom. The largest absolute Gasteiger partial charge is 0.428 e. The summed E-state index contributed by atoms with van der Waals surface area (Å²) < 4.78 is 5.26. The van der Waals surface area contributed by atoms with Gasteiger partial charge in [0.25, 0.3) is 0 Å². The summed E-state index contributed by atoms with van der Waals surface area (Å²) in [5, 5.41) is 15.1. The highest BCUT2D eigenvalue weighted by molar-refractivity contribution is 5.49. The van der Waals surface area contributed by atoms with Gasteiger partial charge in [0.05, 0.1) is 13.2 Å². The zero-order valence-corrected chi connectivity index (χ0v) is 15.8. The predicted molar refractivity (Wildman–Crippen MR) is 101 cm³/mol. The maximum Gasteiger partial charge on any atom is 0.428 e. The fraction of sp³-hybridized carbons (Fsp3) is 0.400. The summed E-state index contributed by atoms with van der Waals surface area (Å²) in [7, 11) is 0. The zero-order valence-electron chi connectivity index (χ0n) is 15.8. The first kappa shape index (κ1) is 19.1. The molecule has 0 unspecified atom stereocenters. The number of ether oxygens (including phenoxy) is 1. The van der Waals surface area contributed by atoms with Gasteiger partial charge in [-0.25, -0.2) is 0 Å². The number of benzene rings is 2. The fourth-order valence-corrected chi connectivity index (χ4v) is 2.79. The molecule has 2 aromatic carbocycles. The van der Waals surface area contributed by atoms with Crippen molar-refractivity contribution in [1.29, 1.82) is 0 Å². The molecule has 2 aliphatic heterocycles. The summed E-state index contributed by atoms with van der Waals surface area (Å²) in [5.74, 6) is -0.490. The van der Waals surface area contributed by atoms with Crippen LogP contribution in [0, 0.1) is 5.92 Å². The van der Waals surface area contributed by atoms with Crippen molar-refractivity contribution in [2.45, 2.75) is 32.3 Å². The highest BCUT2D eigenvalue weighted by Gasteiger charge is 2.53. The summed E-state index contributed by atoms with van der Waals surface area (Å²) >= 11 is 0. The second-order valence-electron chi connectivity index (χ2n) is 7.10. The highest BCUT2D eigenvalue weighted by Crippen LogP contribution is 2.38. The third-order valence-corrected chi connectivity index (χ3v) is 4.57. The third kappa shape index (κ3) is 4.44. The van der Waals surface area contributed by atoms with Gasteiger partial charge in [0.1, 0.15) is 0 Å². The Bertz CT molecular complexity index is 785. The van der Waals surface area contributed by atoms with Crippen LogP contribution in [0.15, 0.2) is 48.5 Å². The van der Waals surface area contributed by atoms with Gasteiger partial charge in [-0.3, -0.25) is 0 Å². The molecule has 0 amide bonds. The number of aliphatic hydroxyl groups excluding tert-OH is 1. The summed E-state index contributed by atoms with van der Waals surface area (Å²) in [6, 6.07) is 16.1.